The van der Waals surface area contributed by atoms with Crippen molar-refractivity contribution >= 4 is 23.1 Å². The van der Waals surface area contributed by atoms with Gasteiger partial charge in [-0.15, -0.1) is 0 Å². The van der Waals surface area contributed by atoms with Crippen molar-refractivity contribution in [3.8, 4) is 11.5 Å². The number of Topliss-reactive ketones (excluding diaryl/α,β-unsaturated/α-hetero) is 1. The highest BCUT2D eigenvalue weighted by molar-refractivity contribution is 5.98. The molecule has 26 heavy (non-hydrogen) atoms. The van der Waals surface area contributed by atoms with Gasteiger partial charge in [-0.1, -0.05) is 0 Å². The molecular formula is C20H22N2O4. The molecule has 0 aromatic heterocycles. The second kappa shape index (κ2) is 7.91. The quantitative estimate of drug-likeness (QED) is 0.804. The second-order valence-corrected chi connectivity index (χ2v) is 6.20. The first-order chi connectivity index (χ1) is 12.5. The van der Waals surface area contributed by atoms with Crippen LogP contribution < -0.4 is 20.1 Å². The number of rotatable bonds is 5. The van der Waals surface area contributed by atoms with Crippen LogP contribution in [-0.2, 0) is 4.79 Å². The van der Waals surface area contributed by atoms with Crippen molar-refractivity contribution in [2.24, 2.45) is 0 Å². The Labute approximate surface area is 152 Å². The lowest BCUT2D eigenvalue weighted by Crippen LogP contribution is -2.31. The SMILES string of the molecule is CC(=O)c1ccc(NC(=O)[C@@H](C)Nc2ccc3c(c2)OCCCO3)cc1. The number of hydrogen-bond donors (Lipinski definition) is 2. The molecule has 0 fully saturated rings. The van der Waals surface area contributed by atoms with Crippen molar-refractivity contribution < 1.29 is 19.1 Å². The summed E-state index contributed by atoms with van der Waals surface area (Å²) in [4.78, 5) is 23.7. The molecule has 0 saturated heterocycles. The normalized spacial score (nSPS) is 14.1. The minimum Gasteiger partial charge on any atom is -0.490 e. The lowest BCUT2D eigenvalue weighted by Gasteiger charge is -2.17. The predicted octanol–water partition coefficient (Wildman–Crippen LogP) is 3.49. The van der Waals surface area contributed by atoms with E-state index in [1.807, 2.05) is 18.2 Å². The molecule has 0 bridgehead atoms. The van der Waals surface area contributed by atoms with Gasteiger partial charge in [0.1, 0.15) is 6.04 Å². The number of ether oxygens (including phenoxy) is 2. The molecule has 1 amide bonds. The van der Waals surface area contributed by atoms with Crippen molar-refractivity contribution in [2.45, 2.75) is 26.3 Å². The average molecular weight is 354 g/mol. The number of carbonyl (C=O) groups excluding carboxylic acids is 2. The van der Waals surface area contributed by atoms with E-state index in [9.17, 15) is 9.59 Å². The van der Waals surface area contributed by atoms with E-state index in [-0.39, 0.29) is 11.7 Å². The zero-order valence-corrected chi connectivity index (χ0v) is 14.9. The van der Waals surface area contributed by atoms with Crippen LogP contribution in [0.3, 0.4) is 0 Å². The third-order valence-corrected chi connectivity index (χ3v) is 4.08. The molecule has 0 aliphatic carbocycles. The Kier molecular flexibility index (Phi) is 5.41. The van der Waals surface area contributed by atoms with Crippen molar-refractivity contribution in [3.63, 3.8) is 0 Å². The number of fused-ring (bicyclic) bond motifs is 1. The molecule has 6 nitrogen and oxygen atoms in total. The van der Waals surface area contributed by atoms with Crippen LogP contribution in [0.15, 0.2) is 42.5 Å². The van der Waals surface area contributed by atoms with E-state index in [1.54, 1.807) is 31.2 Å². The van der Waals surface area contributed by atoms with Crippen LogP contribution in [0.2, 0.25) is 0 Å². The summed E-state index contributed by atoms with van der Waals surface area (Å²) in [6, 6.07) is 11.9. The van der Waals surface area contributed by atoms with Gasteiger partial charge in [-0.2, -0.15) is 0 Å². The van der Waals surface area contributed by atoms with E-state index in [0.29, 0.717) is 30.2 Å². The van der Waals surface area contributed by atoms with E-state index >= 15 is 0 Å². The first-order valence-electron chi connectivity index (χ1n) is 8.61. The van der Waals surface area contributed by atoms with Crippen LogP contribution in [0.5, 0.6) is 11.5 Å². The number of hydrogen-bond acceptors (Lipinski definition) is 5. The number of anilines is 2. The fourth-order valence-electron chi connectivity index (χ4n) is 2.61. The number of ketones is 1. The summed E-state index contributed by atoms with van der Waals surface area (Å²) >= 11 is 0. The lowest BCUT2D eigenvalue weighted by molar-refractivity contribution is -0.116. The Morgan fingerprint density at radius 2 is 1.62 bits per heavy atom. The third kappa shape index (κ3) is 4.33. The van der Waals surface area contributed by atoms with Gasteiger partial charge in [0.15, 0.2) is 17.3 Å². The number of amides is 1. The first-order valence-corrected chi connectivity index (χ1v) is 8.61. The molecule has 0 unspecified atom stereocenters. The molecule has 0 radical (unpaired) electrons. The summed E-state index contributed by atoms with van der Waals surface area (Å²) in [5, 5.41) is 5.99. The second-order valence-electron chi connectivity index (χ2n) is 6.20. The minimum atomic E-state index is -0.452. The molecule has 6 heteroatoms. The maximum atomic E-state index is 12.4. The Bertz CT molecular complexity index is 802. The predicted molar refractivity (Wildman–Crippen MR) is 100 cm³/mol. The van der Waals surface area contributed by atoms with Gasteiger partial charge in [-0.3, -0.25) is 9.59 Å². The maximum Gasteiger partial charge on any atom is 0.246 e. The van der Waals surface area contributed by atoms with Gasteiger partial charge in [0, 0.05) is 29.4 Å². The van der Waals surface area contributed by atoms with Gasteiger partial charge in [-0.05, 0) is 50.2 Å². The number of carbonyl (C=O) groups is 2. The Hall–Kier alpha value is -3.02. The van der Waals surface area contributed by atoms with Crippen LogP contribution in [-0.4, -0.2) is 30.9 Å². The fraction of sp³-hybridized carbons (Fsp3) is 0.300. The highest BCUT2D eigenvalue weighted by Crippen LogP contribution is 2.32. The van der Waals surface area contributed by atoms with E-state index in [2.05, 4.69) is 10.6 Å². The van der Waals surface area contributed by atoms with Crippen LogP contribution >= 0.6 is 0 Å². The smallest absolute Gasteiger partial charge is 0.246 e. The number of benzene rings is 2. The first kappa shape index (κ1) is 17.8. The van der Waals surface area contributed by atoms with Gasteiger partial charge in [0.25, 0.3) is 0 Å². The Morgan fingerprint density at radius 1 is 0.962 bits per heavy atom. The Balaban J connectivity index is 1.62. The van der Waals surface area contributed by atoms with E-state index in [1.165, 1.54) is 6.92 Å². The van der Waals surface area contributed by atoms with Gasteiger partial charge in [0.05, 0.1) is 13.2 Å². The molecule has 3 rings (SSSR count). The van der Waals surface area contributed by atoms with E-state index in [0.717, 1.165) is 17.9 Å². The highest BCUT2D eigenvalue weighted by Gasteiger charge is 2.15. The van der Waals surface area contributed by atoms with Crippen LogP contribution in [0.4, 0.5) is 11.4 Å². The van der Waals surface area contributed by atoms with Gasteiger partial charge >= 0.3 is 0 Å². The van der Waals surface area contributed by atoms with Crippen LogP contribution in [0.25, 0.3) is 0 Å². The van der Waals surface area contributed by atoms with E-state index < -0.39 is 6.04 Å². The molecule has 1 aliphatic heterocycles. The molecule has 1 aliphatic rings. The number of nitrogens with one attached hydrogen (secondary N) is 2. The zero-order valence-electron chi connectivity index (χ0n) is 14.9. The summed E-state index contributed by atoms with van der Waals surface area (Å²) in [5.41, 5.74) is 2.04. The molecule has 2 aromatic carbocycles. The summed E-state index contributed by atoms with van der Waals surface area (Å²) in [6.07, 6.45) is 0.846. The molecule has 1 atom stereocenters. The molecule has 0 spiro atoms. The third-order valence-electron chi connectivity index (χ3n) is 4.08. The topological polar surface area (TPSA) is 76.7 Å². The van der Waals surface area contributed by atoms with Crippen molar-refractivity contribution in [1.82, 2.24) is 0 Å². The van der Waals surface area contributed by atoms with Crippen molar-refractivity contribution in [2.75, 3.05) is 23.8 Å². The Morgan fingerprint density at radius 3 is 2.31 bits per heavy atom. The average Bonchev–Trinajstić information content (AvgIpc) is 2.87. The summed E-state index contributed by atoms with van der Waals surface area (Å²) in [7, 11) is 0. The fourth-order valence-corrected chi connectivity index (χ4v) is 2.61. The van der Waals surface area contributed by atoms with Crippen molar-refractivity contribution in [3.05, 3.63) is 48.0 Å². The van der Waals surface area contributed by atoms with Crippen LogP contribution in [0.1, 0.15) is 30.6 Å². The molecule has 2 aromatic rings. The van der Waals surface area contributed by atoms with E-state index in [4.69, 9.17) is 9.47 Å². The lowest BCUT2D eigenvalue weighted by atomic mass is 10.1. The molecular weight excluding hydrogens is 332 g/mol. The minimum absolute atomic E-state index is 0.00711. The van der Waals surface area contributed by atoms with Crippen molar-refractivity contribution in [1.29, 1.82) is 0 Å². The molecule has 2 N–H and O–H groups in total. The largest absolute Gasteiger partial charge is 0.490 e. The summed E-state index contributed by atoms with van der Waals surface area (Å²) in [6.45, 7) is 4.54. The van der Waals surface area contributed by atoms with Gasteiger partial charge < -0.3 is 20.1 Å². The summed E-state index contributed by atoms with van der Waals surface area (Å²) < 4.78 is 11.3. The maximum absolute atomic E-state index is 12.4. The molecule has 0 saturated carbocycles. The van der Waals surface area contributed by atoms with Crippen LogP contribution in [0, 0.1) is 0 Å². The highest BCUT2D eigenvalue weighted by atomic mass is 16.5. The monoisotopic (exact) mass is 354 g/mol. The van der Waals surface area contributed by atoms with Gasteiger partial charge in [0.2, 0.25) is 5.91 Å². The summed E-state index contributed by atoms with van der Waals surface area (Å²) in [5.74, 6) is 1.22. The zero-order chi connectivity index (χ0) is 18.5. The molecule has 1 heterocycles. The van der Waals surface area contributed by atoms with Gasteiger partial charge in [-0.25, -0.2) is 0 Å². The molecule has 136 valence electrons. The standard InChI is InChI=1S/C20H22N2O4/c1-13(20(24)22-16-6-4-15(5-7-16)14(2)23)21-17-8-9-18-19(12-17)26-11-3-10-25-18/h4-9,12-13,21H,3,10-11H2,1-2H3,(H,22,24)/t13-/m1/s1.